The number of amides is 1. The number of nitro groups is 3. The lowest BCUT2D eigenvalue weighted by Gasteiger charge is -2.32. The van der Waals surface area contributed by atoms with Gasteiger partial charge >= 0.3 is 6.36 Å². The molecule has 4 aliphatic rings. The Labute approximate surface area is 651 Å². The fourth-order valence-electron chi connectivity index (χ4n) is 12.6. The van der Waals surface area contributed by atoms with Crippen LogP contribution in [0.15, 0.2) is 152 Å². The van der Waals surface area contributed by atoms with Gasteiger partial charge in [-0.05, 0) is 185 Å². The van der Waals surface area contributed by atoms with Crippen molar-refractivity contribution in [2.45, 2.75) is 73.5 Å². The molecule has 3 N–H and O–H groups in total. The number of piperazine rings is 4. The van der Waals surface area contributed by atoms with E-state index in [4.69, 9.17) is 22.3 Å². The van der Waals surface area contributed by atoms with Gasteiger partial charge in [0.2, 0.25) is 5.95 Å². The monoisotopic (exact) mass is 1550 g/mol. The van der Waals surface area contributed by atoms with E-state index in [1.54, 1.807) is 43.1 Å². The third-order valence-electron chi connectivity index (χ3n) is 19.9. The van der Waals surface area contributed by atoms with Gasteiger partial charge in [0, 0.05) is 215 Å². The summed E-state index contributed by atoms with van der Waals surface area (Å²) in [5, 5.41) is 34.6. The molecule has 0 radical (unpaired) electrons. The molecule has 0 atom stereocenters. The molecule has 0 aliphatic carbocycles. The summed E-state index contributed by atoms with van der Waals surface area (Å²) in [6.45, 7) is 28.6. The fourth-order valence-corrected chi connectivity index (χ4v) is 12.8. The first kappa shape index (κ1) is 86.2. The van der Waals surface area contributed by atoms with E-state index in [9.17, 15) is 57.9 Å². The van der Waals surface area contributed by atoms with Gasteiger partial charge in [0.25, 0.3) is 28.2 Å². The summed E-state index contributed by atoms with van der Waals surface area (Å²) >= 11 is 5.22. The van der Waals surface area contributed by atoms with Gasteiger partial charge in [0.15, 0.2) is 0 Å². The first-order chi connectivity index (χ1) is 52.7. The summed E-state index contributed by atoms with van der Waals surface area (Å²) < 4.78 is 41.0. The number of nitro benzene ring substituents is 3. The molecule has 7 aromatic carbocycles. The molecule has 1 amide bonds. The van der Waals surface area contributed by atoms with Gasteiger partial charge in [-0.15, -0.1) is 13.2 Å². The summed E-state index contributed by atoms with van der Waals surface area (Å²) in [5.41, 5.74) is 19.4. The lowest BCUT2D eigenvalue weighted by Crippen LogP contribution is -2.47. The van der Waals surface area contributed by atoms with E-state index in [2.05, 4.69) is 109 Å². The Hall–Kier alpha value is -10.4. The third kappa shape index (κ3) is 27.6. The Bertz CT molecular complexity index is 4470. The summed E-state index contributed by atoms with van der Waals surface area (Å²) in [4.78, 5) is 95.7. The first-order valence-electron chi connectivity index (χ1n) is 36.6. The van der Waals surface area contributed by atoms with Crippen molar-refractivity contribution in [3.05, 3.63) is 249 Å². The number of ether oxygens (including phenoxy) is 1. The molecule has 12 rings (SSSR count). The van der Waals surface area contributed by atoms with Crippen molar-refractivity contribution in [1.82, 2.24) is 49.2 Å². The van der Waals surface area contributed by atoms with Gasteiger partial charge in [-0.1, -0.05) is 54.6 Å². The summed E-state index contributed by atoms with van der Waals surface area (Å²) in [6, 6.07) is 40.9. The Morgan fingerprint density at radius 2 is 0.910 bits per heavy atom. The number of hydrogen-bond donors (Lipinski definition) is 2. The molecule has 0 saturated carbocycles. The predicted octanol–water partition coefficient (Wildman–Crippen LogP) is 12.8. The molecule has 30 heteroatoms. The number of rotatable bonds is 20. The zero-order chi connectivity index (χ0) is 80.6. The Morgan fingerprint density at radius 3 is 1.37 bits per heavy atom. The number of ketones is 1. The number of hydrogen-bond acceptors (Lipinski definition) is 22. The van der Waals surface area contributed by atoms with Crippen molar-refractivity contribution in [2.75, 3.05) is 156 Å². The zero-order valence-corrected chi connectivity index (χ0v) is 65.5. The first-order valence-corrected chi connectivity index (χ1v) is 37.0. The largest absolute Gasteiger partial charge is 0.573 e. The molecule has 4 saturated heterocycles. The van der Waals surface area contributed by atoms with Crippen LogP contribution in [-0.4, -0.2) is 227 Å². The number of nitrogens with one attached hydrogen (secondary N) is 1. The van der Waals surface area contributed by atoms with E-state index < -0.39 is 21.5 Å². The molecular formula is C81H100ClF3N16O10. The van der Waals surface area contributed by atoms with Crippen LogP contribution in [0.25, 0.3) is 0 Å². The van der Waals surface area contributed by atoms with Crippen molar-refractivity contribution in [2.24, 2.45) is 0 Å². The van der Waals surface area contributed by atoms with Crippen molar-refractivity contribution >= 4 is 74.4 Å². The van der Waals surface area contributed by atoms with Crippen molar-refractivity contribution in [1.29, 1.82) is 0 Å². The average molecular weight is 1550 g/mol. The lowest BCUT2D eigenvalue weighted by atomic mass is 10.0. The van der Waals surface area contributed by atoms with Gasteiger partial charge in [0.1, 0.15) is 17.4 Å². The van der Waals surface area contributed by atoms with Crippen LogP contribution < -0.4 is 20.7 Å². The maximum absolute atomic E-state index is 12.6. The highest BCUT2D eigenvalue weighted by atomic mass is 35.5. The van der Waals surface area contributed by atoms with E-state index in [-0.39, 0.29) is 57.8 Å². The molecule has 0 unspecified atom stereocenters. The van der Waals surface area contributed by atoms with Crippen LogP contribution in [0.1, 0.15) is 76.4 Å². The normalized spacial score (nSPS) is 15.4. The number of Topliss-reactive ketones (excluding diaryl/α,β-unsaturated/α-hetero) is 1. The predicted molar refractivity (Wildman–Crippen MR) is 428 cm³/mol. The smallest absolute Gasteiger partial charge is 0.406 e. The van der Waals surface area contributed by atoms with Gasteiger partial charge in [-0.2, -0.15) is 4.98 Å². The molecule has 0 bridgehead atoms. The second kappa shape index (κ2) is 41.1. The topological polar surface area (TPSA) is 283 Å². The van der Waals surface area contributed by atoms with Crippen LogP contribution in [0.5, 0.6) is 5.75 Å². The molecule has 111 heavy (non-hydrogen) atoms. The number of anilines is 5. The quantitative estimate of drug-likeness (QED) is 0.0310. The van der Waals surface area contributed by atoms with Gasteiger partial charge in [0.05, 0.1) is 14.8 Å². The second-order valence-electron chi connectivity index (χ2n) is 28.5. The number of carbonyl (C=O) groups is 3. The van der Waals surface area contributed by atoms with Crippen LogP contribution in [0.3, 0.4) is 0 Å². The number of nitrogen functional groups attached to an aromatic ring is 1. The fraction of sp³-hybridized carbons (Fsp3) is 0.395. The molecule has 5 heterocycles. The van der Waals surface area contributed by atoms with E-state index in [1.807, 2.05) is 74.4 Å². The van der Waals surface area contributed by atoms with E-state index in [0.717, 1.165) is 137 Å². The number of benzene rings is 7. The summed E-state index contributed by atoms with van der Waals surface area (Å²) in [5.74, 6) is 0.725. The molecular weight excluding hydrogens is 1450 g/mol. The third-order valence-corrected chi connectivity index (χ3v) is 20.1. The van der Waals surface area contributed by atoms with E-state index in [1.165, 1.54) is 89.9 Å². The minimum Gasteiger partial charge on any atom is -0.406 e. The maximum Gasteiger partial charge on any atom is 0.573 e. The van der Waals surface area contributed by atoms with Crippen LogP contribution in [0.4, 0.5) is 59.1 Å². The van der Waals surface area contributed by atoms with Gasteiger partial charge < -0.3 is 45.2 Å². The number of alkyl halides is 3. The Balaban J connectivity index is 0.000000193. The highest BCUT2D eigenvalue weighted by molar-refractivity contribution is 6.68. The average Bonchev–Trinajstić information content (AvgIpc) is 0.892. The number of aromatic nitrogens is 2. The maximum atomic E-state index is 12.6. The Kier molecular flexibility index (Phi) is 31.9. The van der Waals surface area contributed by atoms with Crippen LogP contribution in [-0.2, 0) is 37.3 Å². The molecule has 26 nitrogen and oxygen atoms in total. The standard InChI is InChI=1S/C34H37F3N6O2.C13H17N3O3.C13H19N3O2.C13H21N3.C8H6ClNO3/c1-24-4-9-28(22-27(24)23-43-18-16-41(2)17-19-43)39-33-38-15-14-32(40-33)42(3)29-10-5-25(6-11-29)20-30(44)21-26-7-12-31(13-8-26)45-34(35,36)37;1-10-3-4-11(16(18)19)9-12(10)13(17)15-7-5-14(2)6-8-15;1-11-3-4-13(16(17)18)9-12(11)10-15-7-5-14(2)6-8-15;1-11-3-4-13(14)9-12(11)10-16-7-5-15(2)6-8-16;1-5-2-3-6(10(12)13)4-7(5)8(9)11/h4-15,22H,16-21,23H2,1-3H3,(H,38,39,40);3-4,9H,5-8H2,1-2H3;3-4,9H,5-8,10H2,1-2H3;3-4,9H,5-8,10,14H2,1-2H3;2-4H,1H3. The van der Waals surface area contributed by atoms with Crippen molar-refractivity contribution in [3.63, 3.8) is 0 Å². The number of non-ortho nitro benzene ring substituents is 3. The molecule has 1 aromatic heterocycles. The highest BCUT2D eigenvalue weighted by Gasteiger charge is 2.31. The number of nitrogens with two attached hydrogens (primary N) is 1. The van der Waals surface area contributed by atoms with Crippen LogP contribution in [0, 0.1) is 65.0 Å². The molecule has 8 aromatic rings. The van der Waals surface area contributed by atoms with E-state index in [0.29, 0.717) is 41.5 Å². The zero-order valence-electron chi connectivity index (χ0n) is 64.7. The molecule has 592 valence electrons. The molecule has 0 spiro atoms. The highest BCUT2D eigenvalue weighted by Crippen LogP contribution is 2.29. The SMILES string of the molecule is Cc1ccc(N)cc1CN1CCN(C)CC1.Cc1ccc(Nc2nccc(N(C)c3ccc(CC(=O)Cc4ccc(OC(F)(F)F)cc4)cc3)n2)cc1CN1CCN(C)CC1.Cc1ccc([N+](=O)[O-])cc1C(=O)Cl.Cc1ccc([N+](=O)[O-])cc1C(=O)N1CCN(C)CC1.Cc1ccc([N+](=O)[O-])cc1CN1CCN(C)CC1. The van der Waals surface area contributed by atoms with E-state index >= 15 is 0 Å². The minimum absolute atomic E-state index is 0.0388. The Morgan fingerprint density at radius 1 is 0.514 bits per heavy atom. The number of likely N-dealkylation sites (N-methyl/N-ethyl adjacent to an activating group) is 4. The number of carbonyl (C=O) groups excluding carboxylic acids is 3. The van der Waals surface area contributed by atoms with Crippen LogP contribution in [0.2, 0.25) is 0 Å². The molecule has 4 fully saturated rings. The van der Waals surface area contributed by atoms with Crippen molar-refractivity contribution < 1.29 is 47.1 Å². The van der Waals surface area contributed by atoms with Crippen LogP contribution >= 0.6 is 11.6 Å². The van der Waals surface area contributed by atoms with Gasteiger partial charge in [-0.25, -0.2) is 4.98 Å². The second-order valence-corrected chi connectivity index (χ2v) is 28.8. The van der Waals surface area contributed by atoms with Crippen molar-refractivity contribution in [3.8, 4) is 5.75 Å². The minimum atomic E-state index is -4.75. The van der Waals surface area contributed by atoms with Gasteiger partial charge in [-0.3, -0.25) is 59.4 Å². The lowest BCUT2D eigenvalue weighted by molar-refractivity contribution is -0.385. The summed E-state index contributed by atoms with van der Waals surface area (Å²) in [7, 11) is 10.4. The summed E-state index contributed by atoms with van der Waals surface area (Å²) in [6.07, 6.45) is -2.71. The number of nitrogens with zero attached hydrogens (tertiary/aromatic N) is 14. The molecule has 4 aliphatic heterocycles. The number of halogens is 4. The number of aryl methyl sites for hydroxylation is 5.